The van der Waals surface area contributed by atoms with Gasteiger partial charge in [-0.1, -0.05) is 51.8 Å². The maximum Gasteiger partial charge on any atom is 0.00276 e. The Hall–Kier alpha value is -0.720. The van der Waals surface area contributed by atoms with Crippen LogP contribution in [0.3, 0.4) is 0 Å². The molecule has 1 aliphatic carbocycles. The molecule has 0 atom stereocenters. The van der Waals surface area contributed by atoms with Crippen LogP contribution in [-0.2, 0) is 0 Å². The molecule has 0 unspecified atom stereocenters. The van der Waals surface area contributed by atoms with E-state index < -0.39 is 0 Å². The highest BCUT2D eigenvalue weighted by atomic mass is 14.8. The van der Waals surface area contributed by atoms with Crippen LogP contribution in [0.1, 0.15) is 59.8 Å². The highest BCUT2D eigenvalue weighted by Crippen LogP contribution is 2.25. The van der Waals surface area contributed by atoms with Crippen LogP contribution in [0.15, 0.2) is 24.4 Å². The first-order valence-electron chi connectivity index (χ1n) is 6.80. The van der Waals surface area contributed by atoms with Crippen LogP contribution in [0.2, 0.25) is 0 Å². The lowest BCUT2D eigenvalue weighted by molar-refractivity contribution is 0.683. The quantitative estimate of drug-likeness (QED) is 0.673. The van der Waals surface area contributed by atoms with Crippen molar-refractivity contribution in [2.75, 3.05) is 7.05 Å². The second-order valence-corrected chi connectivity index (χ2v) is 3.67. The molecule has 1 heteroatoms. The molecule has 0 heterocycles. The van der Waals surface area contributed by atoms with Gasteiger partial charge in [0.25, 0.3) is 0 Å². The summed E-state index contributed by atoms with van der Waals surface area (Å²) in [7, 11) is 1.88. The van der Waals surface area contributed by atoms with E-state index in [-0.39, 0.29) is 0 Å². The molecule has 1 fully saturated rings. The molecule has 0 bridgehead atoms. The third kappa shape index (κ3) is 13.3. The van der Waals surface area contributed by atoms with E-state index in [4.69, 9.17) is 0 Å². The van der Waals surface area contributed by atoms with E-state index in [0.29, 0.717) is 0 Å². The van der Waals surface area contributed by atoms with Gasteiger partial charge in [0.15, 0.2) is 0 Å². The summed E-state index contributed by atoms with van der Waals surface area (Å²) in [5, 5.41) is 2.84. The topological polar surface area (TPSA) is 12.0 Å². The summed E-state index contributed by atoms with van der Waals surface area (Å²) in [6.45, 7) is 8.17. The monoisotopic (exact) mass is 225 g/mol. The molecule has 0 aliphatic heterocycles. The zero-order valence-electron chi connectivity index (χ0n) is 11.9. The van der Waals surface area contributed by atoms with E-state index in [1.54, 1.807) is 0 Å². The van der Waals surface area contributed by atoms with Crippen molar-refractivity contribution < 1.29 is 0 Å². The van der Waals surface area contributed by atoms with Crippen LogP contribution in [0.4, 0.5) is 0 Å². The van der Waals surface area contributed by atoms with Crippen molar-refractivity contribution in [3.8, 4) is 0 Å². The molecule has 0 spiro atoms. The zero-order chi connectivity index (χ0) is 12.6. The molecule has 1 aliphatic rings. The molecule has 1 N–H and O–H groups in total. The summed E-state index contributed by atoms with van der Waals surface area (Å²) in [5.74, 6) is 0.935. The predicted molar refractivity (Wildman–Crippen MR) is 76.6 cm³/mol. The molecular weight excluding hydrogens is 194 g/mol. The summed E-state index contributed by atoms with van der Waals surface area (Å²) in [6.07, 6.45) is 15.5. The Kier molecular flexibility index (Phi) is 18.4. The minimum Gasteiger partial charge on any atom is -0.394 e. The molecular formula is C15H31N. The van der Waals surface area contributed by atoms with Crippen LogP contribution < -0.4 is 5.32 Å². The third-order valence-electron chi connectivity index (χ3n) is 2.38. The fraction of sp³-hybridized carbons (Fsp3) is 0.733. The second-order valence-electron chi connectivity index (χ2n) is 3.67. The molecule has 1 saturated carbocycles. The normalized spacial score (nSPS) is 15.6. The van der Waals surface area contributed by atoms with Crippen molar-refractivity contribution in [3.05, 3.63) is 24.4 Å². The molecule has 96 valence electrons. The van der Waals surface area contributed by atoms with Crippen molar-refractivity contribution in [3.63, 3.8) is 0 Å². The molecule has 1 rings (SSSR count). The Morgan fingerprint density at radius 3 is 2.06 bits per heavy atom. The Morgan fingerprint density at radius 2 is 1.75 bits per heavy atom. The van der Waals surface area contributed by atoms with E-state index in [1.165, 1.54) is 32.1 Å². The summed E-state index contributed by atoms with van der Waals surface area (Å²) in [5.41, 5.74) is 0. The minimum atomic E-state index is 0.935. The van der Waals surface area contributed by atoms with Crippen molar-refractivity contribution in [2.45, 2.75) is 59.8 Å². The van der Waals surface area contributed by atoms with Crippen molar-refractivity contribution in [1.29, 1.82) is 0 Å². The van der Waals surface area contributed by atoms with E-state index in [2.05, 4.69) is 24.4 Å². The zero-order valence-corrected chi connectivity index (χ0v) is 11.9. The van der Waals surface area contributed by atoms with E-state index >= 15 is 0 Å². The van der Waals surface area contributed by atoms with Crippen molar-refractivity contribution in [2.24, 2.45) is 5.92 Å². The van der Waals surface area contributed by atoms with E-state index in [0.717, 1.165) is 5.92 Å². The minimum absolute atomic E-state index is 0.935. The molecule has 0 saturated heterocycles. The lowest BCUT2D eigenvalue weighted by Gasteiger charge is -1.97. The smallest absolute Gasteiger partial charge is 0.00276 e. The number of nitrogens with one attached hydrogen (secondary N) is 1. The third-order valence-corrected chi connectivity index (χ3v) is 2.38. The summed E-state index contributed by atoms with van der Waals surface area (Å²) >= 11 is 0. The highest BCUT2D eigenvalue weighted by Gasteiger charge is 2.10. The summed E-state index contributed by atoms with van der Waals surface area (Å²) < 4.78 is 0. The number of allylic oxidation sites excluding steroid dienone is 3. The Bertz CT molecular complexity index is 153. The van der Waals surface area contributed by atoms with Gasteiger partial charge in [0.05, 0.1) is 0 Å². The van der Waals surface area contributed by atoms with Gasteiger partial charge in [-0.05, 0) is 38.3 Å². The van der Waals surface area contributed by atoms with Gasteiger partial charge in [0.1, 0.15) is 0 Å². The molecule has 1 nitrogen and oxygen atoms in total. The average molecular weight is 225 g/mol. The lowest BCUT2D eigenvalue weighted by Crippen LogP contribution is -1.89. The van der Waals surface area contributed by atoms with Gasteiger partial charge in [0, 0.05) is 7.05 Å². The van der Waals surface area contributed by atoms with Crippen LogP contribution in [0, 0.1) is 5.92 Å². The number of hydrogen-bond acceptors (Lipinski definition) is 1. The SMILES string of the molecule is C/C=C\NC.CC.CC/C=C/C1CCCC1. The van der Waals surface area contributed by atoms with Gasteiger partial charge in [0.2, 0.25) is 0 Å². The first-order valence-corrected chi connectivity index (χ1v) is 6.80. The lowest BCUT2D eigenvalue weighted by atomic mass is 10.1. The second kappa shape index (κ2) is 16.7. The predicted octanol–water partition coefficient (Wildman–Crippen LogP) is 4.91. The summed E-state index contributed by atoms with van der Waals surface area (Å²) in [6, 6.07) is 0. The van der Waals surface area contributed by atoms with Gasteiger partial charge in [-0.2, -0.15) is 0 Å². The van der Waals surface area contributed by atoms with Crippen LogP contribution >= 0.6 is 0 Å². The highest BCUT2D eigenvalue weighted by molar-refractivity contribution is 4.89. The average Bonchev–Trinajstić information content (AvgIpc) is 2.84. The maximum absolute atomic E-state index is 2.84. The van der Waals surface area contributed by atoms with Gasteiger partial charge < -0.3 is 5.32 Å². The molecule has 16 heavy (non-hydrogen) atoms. The number of hydrogen-bond donors (Lipinski definition) is 1. The van der Waals surface area contributed by atoms with Crippen LogP contribution in [0.5, 0.6) is 0 Å². The van der Waals surface area contributed by atoms with Crippen LogP contribution in [-0.4, -0.2) is 7.05 Å². The first-order chi connectivity index (χ1) is 7.85. The molecule has 0 aromatic heterocycles. The maximum atomic E-state index is 2.84. The van der Waals surface area contributed by atoms with Crippen LogP contribution in [0.25, 0.3) is 0 Å². The van der Waals surface area contributed by atoms with Gasteiger partial charge >= 0.3 is 0 Å². The fourth-order valence-electron chi connectivity index (χ4n) is 1.65. The van der Waals surface area contributed by atoms with Gasteiger partial charge in [-0.25, -0.2) is 0 Å². The molecule has 0 amide bonds. The molecule has 0 aromatic carbocycles. The first kappa shape index (κ1) is 17.7. The van der Waals surface area contributed by atoms with Crippen molar-refractivity contribution >= 4 is 0 Å². The van der Waals surface area contributed by atoms with E-state index in [1.807, 2.05) is 40.1 Å². The van der Waals surface area contributed by atoms with Crippen molar-refractivity contribution in [1.82, 2.24) is 5.32 Å². The Balaban J connectivity index is 0. The molecule has 0 radical (unpaired) electrons. The summed E-state index contributed by atoms with van der Waals surface area (Å²) in [4.78, 5) is 0. The van der Waals surface area contributed by atoms with Gasteiger partial charge in [-0.15, -0.1) is 0 Å². The van der Waals surface area contributed by atoms with Gasteiger partial charge in [-0.3, -0.25) is 0 Å². The largest absolute Gasteiger partial charge is 0.394 e. The van der Waals surface area contributed by atoms with E-state index in [9.17, 15) is 0 Å². The molecule has 0 aromatic rings. The standard InChI is InChI=1S/C9H16.C4H9N.C2H6/c1-2-3-6-9-7-4-5-8-9;1-3-4-5-2;1-2/h3,6,9H,2,4-5,7-8H2,1H3;3-5H,1-2H3;1-2H3/b6-3+;4-3-;. The Labute approximate surface area is 103 Å². The Morgan fingerprint density at radius 1 is 1.19 bits per heavy atom. The number of rotatable bonds is 3. The fourth-order valence-corrected chi connectivity index (χ4v) is 1.65.